The first-order chi connectivity index (χ1) is 23.6. The molecule has 0 bridgehead atoms. The maximum atomic E-state index is 14.6. The lowest BCUT2D eigenvalue weighted by Gasteiger charge is -2.38. The standard InChI is InChI=1S/C38H64N6O7/c1-12-17-25(30(45)32(47)39-20-13-2)40-31(46)29-27-24(38(27,9)10)21-44(29)33(48)28(23-18-15-14-16-19-23)42-34(49)41-26(36(3,4)5)22-43(11)35(50)51-37(6,7)8/h13,23-29H,2,12,14-22H2,1,3-11H3,(H,39,47)(H,40,46)(H2,41,42,49)/t24-,25?,26+,27-,28-,29-/m0/s1. The molecule has 2 aliphatic carbocycles. The second-order valence-corrected chi connectivity index (χ2v) is 17.4. The molecule has 0 aromatic rings. The van der Waals surface area contributed by atoms with Crippen LogP contribution >= 0.6 is 0 Å². The number of nitrogens with zero attached hydrogens (tertiary/aromatic N) is 2. The highest BCUT2D eigenvalue weighted by atomic mass is 16.6. The van der Waals surface area contributed by atoms with Crippen molar-refractivity contribution in [2.45, 2.75) is 137 Å². The van der Waals surface area contributed by atoms with E-state index in [1.807, 2.05) is 27.7 Å². The number of hydrogen-bond acceptors (Lipinski definition) is 7. The number of carbonyl (C=O) groups excluding carboxylic acids is 6. The molecule has 0 aromatic heterocycles. The number of hydrogen-bond donors (Lipinski definition) is 4. The number of rotatable bonds is 14. The summed E-state index contributed by atoms with van der Waals surface area (Å²) >= 11 is 0. The SMILES string of the molecule is C=CCNC(=O)C(=O)C(CCC)NC(=O)[C@@H]1[C@@H]2[C@H](CN1C(=O)[C@@H](NC(=O)N[C@H](CN(C)C(=O)OC(C)(C)C)C(C)(C)C)C1CCCCC1)C2(C)C. The van der Waals surface area contributed by atoms with Gasteiger partial charge in [-0.3, -0.25) is 19.2 Å². The predicted octanol–water partition coefficient (Wildman–Crippen LogP) is 4.16. The van der Waals surface area contributed by atoms with E-state index in [0.29, 0.717) is 13.0 Å². The summed E-state index contributed by atoms with van der Waals surface area (Å²) in [5, 5.41) is 11.4. The number of likely N-dealkylation sites (N-methyl/N-ethyl adjacent to an activating group) is 1. The number of Topliss-reactive ketones (excluding diaryl/α,β-unsaturated/α-hetero) is 1. The molecule has 3 fully saturated rings. The molecule has 288 valence electrons. The minimum atomic E-state index is -1.03. The number of nitrogens with one attached hydrogen (secondary N) is 4. The molecular weight excluding hydrogens is 652 g/mol. The predicted molar refractivity (Wildman–Crippen MR) is 195 cm³/mol. The topological polar surface area (TPSA) is 166 Å². The number of likely N-dealkylation sites (tertiary alicyclic amines) is 1. The van der Waals surface area contributed by atoms with Crippen LogP contribution in [-0.2, 0) is 23.9 Å². The minimum Gasteiger partial charge on any atom is -0.444 e. The van der Waals surface area contributed by atoms with Crippen LogP contribution < -0.4 is 21.3 Å². The Bertz CT molecular complexity index is 1310. The van der Waals surface area contributed by atoms with Crippen LogP contribution in [0.15, 0.2) is 12.7 Å². The third-order valence-corrected chi connectivity index (χ3v) is 10.8. The van der Waals surface area contributed by atoms with Gasteiger partial charge in [-0.05, 0) is 68.6 Å². The molecular formula is C38H64N6O7. The van der Waals surface area contributed by atoms with Crippen molar-refractivity contribution in [3.8, 4) is 0 Å². The molecule has 6 atom stereocenters. The lowest BCUT2D eigenvalue weighted by Crippen LogP contribution is -2.61. The van der Waals surface area contributed by atoms with Crippen LogP contribution in [0.5, 0.6) is 0 Å². The van der Waals surface area contributed by atoms with Gasteiger partial charge in [0, 0.05) is 26.7 Å². The van der Waals surface area contributed by atoms with Crippen molar-refractivity contribution < 1.29 is 33.5 Å². The molecule has 13 heteroatoms. The van der Waals surface area contributed by atoms with E-state index in [9.17, 15) is 28.8 Å². The van der Waals surface area contributed by atoms with E-state index in [1.165, 1.54) is 11.0 Å². The zero-order chi connectivity index (χ0) is 38.5. The Hall–Kier alpha value is -3.64. The van der Waals surface area contributed by atoms with E-state index in [2.05, 4.69) is 41.7 Å². The van der Waals surface area contributed by atoms with Gasteiger partial charge in [0.25, 0.3) is 5.91 Å². The fourth-order valence-electron chi connectivity index (χ4n) is 7.63. The third-order valence-electron chi connectivity index (χ3n) is 10.8. The van der Waals surface area contributed by atoms with Crippen LogP contribution in [0.2, 0.25) is 0 Å². The first kappa shape index (κ1) is 41.8. The van der Waals surface area contributed by atoms with Crippen LogP contribution in [0.3, 0.4) is 0 Å². The monoisotopic (exact) mass is 716 g/mol. The Balaban J connectivity index is 1.84. The van der Waals surface area contributed by atoms with Crippen molar-refractivity contribution in [1.29, 1.82) is 0 Å². The average Bonchev–Trinajstić information content (AvgIpc) is 3.34. The summed E-state index contributed by atoms with van der Waals surface area (Å²) in [5.74, 6) is -2.47. The Labute approximate surface area is 304 Å². The average molecular weight is 717 g/mol. The summed E-state index contributed by atoms with van der Waals surface area (Å²) in [4.78, 5) is 83.9. The summed E-state index contributed by atoms with van der Waals surface area (Å²) < 4.78 is 5.52. The van der Waals surface area contributed by atoms with Crippen LogP contribution in [0, 0.1) is 28.6 Å². The highest BCUT2D eigenvalue weighted by Crippen LogP contribution is 2.65. The zero-order valence-corrected chi connectivity index (χ0v) is 32.6. The summed E-state index contributed by atoms with van der Waals surface area (Å²) in [7, 11) is 1.62. The molecule has 0 spiro atoms. The second kappa shape index (κ2) is 16.8. The molecule has 1 aliphatic heterocycles. The fourth-order valence-corrected chi connectivity index (χ4v) is 7.63. The minimum absolute atomic E-state index is 0.0860. The van der Waals surface area contributed by atoms with Crippen LogP contribution in [-0.4, -0.2) is 102 Å². The van der Waals surface area contributed by atoms with Crippen molar-refractivity contribution in [3.63, 3.8) is 0 Å². The molecule has 13 nitrogen and oxygen atoms in total. The largest absolute Gasteiger partial charge is 0.444 e. The lowest BCUT2D eigenvalue weighted by molar-refractivity contribution is -0.144. The van der Waals surface area contributed by atoms with E-state index < -0.39 is 64.9 Å². The molecule has 1 unspecified atom stereocenters. The zero-order valence-electron chi connectivity index (χ0n) is 32.6. The number of ether oxygens (including phenoxy) is 1. The number of carbonyl (C=O) groups is 6. The highest BCUT2D eigenvalue weighted by molar-refractivity contribution is 6.38. The normalized spacial score (nSPS) is 23.1. The van der Waals surface area contributed by atoms with Gasteiger partial charge >= 0.3 is 12.1 Å². The van der Waals surface area contributed by atoms with E-state index >= 15 is 0 Å². The number of amides is 6. The summed E-state index contributed by atoms with van der Waals surface area (Å²) in [6.45, 7) is 21.5. The lowest BCUT2D eigenvalue weighted by atomic mass is 9.83. The molecule has 3 aliphatic rings. The number of fused-ring (bicyclic) bond motifs is 1. The fraction of sp³-hybridized carbons (Fsp3) is 0.789. The van der Waals surface area contributed by atoms with Gasteiger partial charge in [-0.2, -0.15) is 0 Å². The van der Waals surface area contributed by atoms with Gasteiger partial charge in [0.05, 0.1) is 12.1 Å². The van der Waals surface area contributed by atoms with Gasteiger partial charge in [-0.25, -0.2) is 9.59 Å². The van der Waals surface area contributed by atoms with Crippen LogP contribution in [0.25, 0.3) is 0 Å². The van der Waals surface area contributed by atoms with Crippen molar-refractivity contribution in [2.75, 3.05) is 26.7 Å². The first-order valence-electron chi connectivity index (χ1n) is 18.7. The van der Waals surface area contributed by atoms with Crippen molar-refractivity contribution in [2.24, 2.45) is 28.6 Å². The molecule has 1 heterocycles. The maximum Gasteiger partial charge on any atom is 0.410 e. The highest BCUT2D eigenvalue weighted by Gasteiger charge is 2.69. The first-order valence-corrected chi connectivity index (χ1v) is 18.7. The molecule has 2 saturated carbocycles. The van der Waals surface area contributed by atoms with Gasteiger partial charge in [0.15, 0.2) is 0 Å². The van der Waals surface area contributed by atoms with Crippen molar-refractivity contribution in [3.05, 3.63) is 12.7 Å². The van der Waals surface area contributed by atoms with E-state index in [1.54, 1.807) is 32.7 Å². The molecule has 4 N–H and O–H groups in total. The molecule has 1 saturated heterocycles. The molecule has 51 heavy (non-hydrogen) atoms. The van der Waals surface area contributed by atoms with Gasteiger partial charge < -0.3 is 35.8 Å². The molecule has 0 radical (unpaired) electrons. The summed E-state index contributed by atoms with van der Waals surface area (Å²) in [6.07, 6.45) is 6.23. The molecule has 6 amide bonds. The van der Waals surface area contributed by atoms with Crippen LogP contribution in [0.4, 0.5) is 9.59 Å². The van der Waals surface area contributed by atoms with E-state index in [0.717, 1.165) is 32.1 Å². The number of ketones is 1. The maximum absolute atomic E-state index is 14.6. The summed E-state index contributed by atoms with van der Waals surface area (Å²) in [5.41, 5.74) is -1.30. The Kier molecular flexibility index (Phi) is 13.8. The number of urea groups is 1. The quantitative estimate of drug-likeness (QED) is 0.155. The van der Waals surface area contributed by atoms with Crippen molar-refractivity contribution >= 4 is 35.6 Å². The van der Waals surface area contributed by atoms with Gasteiger partial charge in [0.2, 0.25) is 17.6 Å². The Morgan fingerprint density at radius 2 is 1.61 bits per heavy atom. The van der Waals surface area contributed by atoms with Crippen LogP contribution in [0.1, 0.15) is 107 Å². The smallest absolute Gasteiger partial charge is 0.410 e. The Morgan fingerprint density at radius 1 is 0.980 bits per heavy atom. The second-order valence-electron chi connectivity index (χ2n) is 17.4. The van der Waals surface area contributed by atoms with Gasteiger partial charge in [-0.15, -0.1) is 6.58 Å². The molecule has 0 aromatic carbocycles. The van der Waals surface area contributed by atoms with Gasteiger partial charge in [0.1, 0.15) is 17.7 Å². The molecule has 3 rings (SSSR count). The third kappa shape index (κ3) is 10.7. The summed E-state index contributed by atoms with van der Waals surface area (Å²) in [6, 6.07) is -3.75. The van der Waals surface area contributed by atoms with Gasteiger partial charge in [-0.1, -0.05) is 73.3 Å². The Morgan fingerprint density at radius 3 is 2.16 bits per heavy atom. The number of piperidine rings is 1. The van der Waals surface area contributed by atoms with E-state index in [-0.39, 0.29) is 48.6 Å². The van der Waals surface area contributed by atoms with E-state index in [4.69, 9.17) is 4.74 Å². The van der Waals surface area contributed by atoms with Crippen molar-refractivity contribution in [1.82, 2.24) is 31.1 Å².